The van der Waals surface area contributed by atoms with E-state index in [9.17, 15) is 9.90 Å². The molecule has 0 atom stereocenters. The molecule has 0 aliphatic carbocycles. The Labute approximate surface area is 118 Å². The Morgan fingerprint density at radius 3 is 2.75 bits per heavy atom. The van der Waals surface area contributed by atoms with Crippen LogP contribution in [0.2, 0.25) is 0 Å². The lowest BCUT2D eigenvalue weighted by Gasteiger charge is -2.21. The number of fused-ring (bicyclic) bond motifs is 1. The van der Waals surface area contributed by atoms with E-state index in [-0.39, 0.29) is 18.4 Å². The van der Waals surface area contributed by atoms with E-state index in [2.05, 4.69) is 12.2 Å². The van der Waals surface area contributed by atoms with Gasteiger partial charge in [-0.15, -0.1) is 0 Å². The van der Waals surface area contributed by atoms with Crippen LogP contribution in [0.5, 0.6) is 17.2 Å². The van der Waals surface area contributed by atoms with Gasteiger partial charge in [0.15, 0.2) is 11.5 Å². The Balaban J connectivity index is 2.11. The van der Waals surface area contributed by atoms with Crippen LogP contribution in [0.3, 0.4) is 0 Å². The number of aromatic hydroxyl groups is 1. The van der Waals surface area contributed by atoms with Gasteiger partial charge in [-0.05, 0) is 19.0 Å². The van der Waals surface area contributed by atoms with Gasteiger partial charge in [-0.3, -0.25) is 9.69 Å². The van der Waals surface area contributed by atoms with Crippen LogP contribution in [0, 0.1) is 0 Å². The van der Waals surface area contributed by atoms with Gasteiger partial charge in [-0.2, -0.15) is 0 Å². The number of carbonyl (C=O) groups is 1. The van der Waals surface area contributed by atoms with Gasteiger partial charge in [-0.1, -0.05) is 6.92 Å². The number of rotatable bonds is 6. The highest BCUT2D eigenvalue weighted by molar-refractivity contribution is 5.77. The maximum atomic E-state index is 11.5. The number of hydrogen-bond acceptors (Lipinski definition) is 5. The molecule has 1 aromatic rings. The molecule has 0 saturated heterocycles. The highest BCUT2D eigenvalue weighted by Crippen LogP contribution is 2.37. The molecule has 1 amide bonds. The molecule has 0 saturated carbocycles. The third-order valence-electron chi connectivity index (χ3n) is 3.15. The molecule has 110 valence electrons. The monoisotopic (exact) mass is 280 g/mol. The van der Waals surface area contributed by atoms with Crippen molar-refractivity contribution in [2.45, 2.75) is 19.9 Å². The number of phenolic OH excluding ortho intramolecular Hbond substituents is 1. The van der Waals surface area contributed by atoms with Crippen molar-refractivity contribution in [1.29, 1.82) is 0 Å². The third kappa shape index (κ3) is 3.33. The normalized spacial score (nSPS) is 12.8. The van der Waals surface area contributed by atoms with Crippen LogP contribution in [0.15, 0.2) is 12.1 Å². The minimum atomic E-state index is -0.0429. The molecule has 0 fully saturated rings. The molecule has 1 aliphatic heterocycles. The van der Waals surface area contributed by atoms with Crippen molar-refractivity contribution < 1.29 is 19.4 Å². The second kappa shape index (κ2) is 6.47. The van der Waals surface area contributed by atoms with E-state index in [4.69, 9.17) is 9.47 Å². The predicted molar refractivity (Wildman–Crippen MR) is 73.9 cm³/mol. The molecular weight excluding hydrogens is 260 g/mol. The molecular formula is C14H20N2O4. The first-order valence-electron chi connectivity index (χ1n) is 6.68. The predicted octanol–water partition coefficient (Wildman–Crippen LogP) is 1.08. The molecule has 2 N–H and O–H groups in total. The molecule has 2 rings (SSSR count). The Kier molecular flexibility index (Phi) is 4.68. The maximum absolute atomic E-state index is 11.5. The fourth-order valence-electron chi connectivity index (χ4n) is 2.15. The Bertz CT molecular complexity index is 490. The van der Waals surface area contributed by atoms with Crippen molar-refractivity contribution in [3.8, 4) is 17.2 Å². The SMILES string of the molecule is CCCN(CC(=O)NC)Cc1cc2c(cc1O)OCO2. The number of likely N-dealkylation sites (N-methyl/N-ethyl adjacent to an activating group) is 1. The van der Waals surface area contributed by atoms with E-state index in [1.165, 1.54) is 0 Å². The highest BCUT2D eigenvalue weighted by atomic mass is 16.7. The van der Waals surface area contributed by atoms with Crippen molar-refractivity contribution in [3.05, 3.63) is 17.7 Å². The largest absolute Gasteiger partial charge is 0.507 e. The van der Waals surface area contributed by atoms with Gasteiger partial charge in [0, 0.05) is 25.2 Å². The number of nitrogens with zero attached hydrogens (tertiary/aromatic N) is 1. The Morgan fingerprint density at radius 2 is 2.10 bits per heavy atom. The van der Waals surface area contributed by atoms with Gasteiger partial charge < -0.3 is 19.9 Å². The van der Waals surface area contributed by atoms with Crippen molar-refractivity contribution in [3.63, 3.8) is 0 Å². The summed E-state index contributed by atoms with van der Waals surface area (Å²) in [4.78, 5) is 13.5. The van der Waals surface area contributed by atoms with E-state index < -0.39 is 0 Å². The quantitative estimate of drug-likeness (QED) is 0.816. The highest BCUT2D eigenvalue weighted by Gasteiger charge is 2.19. The topological polar surface area (TPSA) is 71.0 Å². The van der Waals surface area contributed by atoms with Gasteiger partial charge >= 0.3 is 0 Å². The zero-order chi connectivity index (χ0) is 14.5. The van der Waals surface area contributed by atoms with Gasteiger partial charge in [0.25, 0.3) is 0 Å². The summed E-state index contributed by atoms with van der Waals surface area (Å²) in [6.45, 7) is 3.80. The summed E-state index contributed by atoms with van der Waals surface area (Å²) in [5.74, 6) is 1.31. The van der Waals surface area contributed by atoms with Crippen LogP contribution in [0.4, 0.5) is 0 Å². The molecule has 0 radical (unpaired) electrons. The fraction of sp³-hybridized carbons (Fsp3) is 0.500. The second-order valence-corrected chi connectivity index (χ2v) is 4.72. The van der Waals surface area contributed by atoms with Gasteiger partial charge in [0.1, 0.15) is 5.75 Å². The standard InChI is InChI=1S/C14H20N2O4/c1-3-4-16(8-14(18)15-2)7-10-5-12-13(6-11(10)17)20-9-19-12/h5-6,17H,3-4,7-9H2,1-2H3,(H,15,18). The second-order valence-electron chi connectivity index (χ2n) is 4.72. The van der Waals surface area contributed by atoms with Crippen molar-refractivity contribution >= 4 is 5.91 Å². The van der Waals surface area contributed by atoms with Crippen LogP contribution in [-0.2, 0) is 11.3 Å². The van der Waals surface area contributed by atoms with E-state index in [1.807, 2.05) is 4.90 Å². The van der Waals surface area contributed by atoms with Gasteiger partial charge in [0.2, 0.25) is 12.7 Å². The lowest BCUT2D eigenvalue weighted by Crippen LogP contribution is -2.35. The van der Waals surface area contributed by atoms with Crippen LogP contribution in [-0.4, -0.2) is 42.8 Å². The van der Waals surface area contributed by atoms with Crippen molar-refractivity contribution in [1.82, 2.24) is 10.2 Å². The summed E-state index contributed by atoms with van der Waals surface area (Å²) in [6, 6.07) is 3.33. The summed E-state index contributed by atoms with van der Waals surface area (Å²) in [7, 11) is 1.62. The van der Waals surface area contributed by atoms with Crippen LogP contribution in [0.25, 0.3) is 0 Å². The molecule has 1 heterocycles. The number of nitrogens with one attached hydrogen (secondary N) is 1. The minimum absolute atomic E-state index is 0.0429. The number of benzene rings is 1. The molecule has 0 unspecified atom stereocenters. The fourth-order valence-corrected chi connectivity index (χ4v) is 2.15. The van der Waals surface area contributed by atoms with E-state index in [1.54, 1.807) is 19.2 Å². The molecule has 20 heavy (non-hydrogen) atoms. The molecule has 1 aromatic carbocycles. The maximum Gasteiger partial charge on any atom is 0.233 e. The van der Waals surface area contributed by atoms with Crippen molar-refractivity contribution in [2.75, 3.05) is 26.9 Å². The zero-order valence-corrected chi connectivity index (χ0v) is 11.8. The zero-order valence-electron chi connectivity index (χ0n) is 11.8. The van der Waals surface area contributed by atoms with E-state index in [0.29, 0.717) is 24.6 Å². The average Bonchev–Trinajstić information content (AvgIpc) is 2.86. The summed E-state index contributed by atoms with van der Waals surface area (Å²) >= 11 is 0. The molecule has 6 nitrogen and oxygen atoms in total. The lowest BCUT2D eigenvalue weighted by molar-refractivity contribution is -0.121. The smallest absolute Gasteiger partial charge is 0.233 e. The Morgan fingerprint density at radius 1 is 1.40 bits per heavy atom. The molecule has 1 aliphatic rings. The van der Waals surface area contributed by atoms with Gasteiger partial charge in [-0.25, -0.2) is 0 Å². The van der Waals surface area contributed by atoms with Crippen molar-refractivity contribution in [2.24, 2.45) is 0 Å². The van der Waals surface area contributed by atoms with Crippen LogP contribution in [0.1, 0.15) is 18.9 Å². The molecule has 0 bridgehead atoms. The third-order valence-corrected chi connectivity index (χ3v) is 3.15. The molecule has 6 heteroatoms. The van der Waals surface area contributed by atoms with Crippen LogP contribution >= 0.6 is 0 Å². The summed E-state index contributed by atoms with van der Waals surface area (Å²) < 4.78 is 10.5. The Hall–Kier alpha value is -1.95. The molecule has 0 spiro atoms. The van der Waals surface area contributed by atoms with Crippen LogP contribution < -0.4 is 14.8 Å². The minimum Gasteiger partial charge on any atom is -0.507 e. The summed E-state index contributed by atoms with van der Waals surface area (Å²) in [6.07, 6.45) is 0.933. The molecule has 0 aromatic heterocycles. The first-order valence-corrected chi connectivity index (χ1v) is 6.68. The first kappa shape index (κ1) is 14.5. The average molecular weight is 280 g/mol. The van der Waals surface area contributed by atoms with Gasteiger partial charge in [0.05, 0.1) is 6.54 Å². The van der Waals surface area contributed by atoms with E-state index >= 15 is 0 Å². The number of amides is 1. The number of hydrogen-bond donors (Lipinski definition) is 2. The first-order chi connectivity index (χ1) is 9.63. The number of phenols is 1. The summed E-state index contributed by atoms with van der Waals surface area (Å²) in [5, 5.41) is 12.6. The summed E-state index contributed by atoms with van der Waals surface area (Å²) in [5.41, 5.74) is 0.728. The van der Waals surface area contributed by atoms with E-state index in [0.717, 1.165) is 18.5 Å². The lowest BCUT2D eigenvalue weighted by atomic mass is 10.1. The number of ether oxygens (including phenoxy) is 2. The number of carbonyl (C=O) groups excluding carboxylic acids is 1.